The molecule has 0 aromatic carbocycles. The average molecular weight is 232 g/mol. The summed E-state index contributed by atoms with van der Waals surface area (Å²) in [7, 11) is 0. The molecule has 0 spiro atoms. The van der Waals surface area contributed by atoms with Gasteiger partial charge in [0.25, 0.3) is 0 Å². The fourth-order valence-electron chi connectivity index (χ4n) is 0.447. The summed E-state index contributed by atoms with van der Waals surface area (Å²) in [6, 6.07) is 0. The number of esters is 1. The first kappa shape index (κ1) is 12.1. The molecule has 0 saturated heterocycles. The summed E-state index contributed by atoms with van der Waals surface area (Å²) < 4.78 is 4.64. The van der Waals surface area contributed by atoms with Crippen LogP contribution in [0.2, 0.25) is 0 Å². The summed E-state index contributed by atoms with van der Waals surface area (Å²) >= 11 is 16.6. The van der Waals surface area contributed by atoms with Crippen molar-refractivity contribution in [1.82, 2.24) is 0 Å². The smallest absolute Gasteiger partial charge is 0.325 e. The van der Waals surface area contributed by atoms with Gasteiger partial charge in [-0.1, -0.05) is 12.7 Å². The van der Waals surface area contributed by atoms with E-state index < -0.39 is 16.7 Å². The van der Waals surface area contributed by atoms with Crippen LogP contribution in [0.4, 0.5) is 0 Å². The van der Waals surface area contributed by atoms with Crippen LogP contribution in [-0.2, 0) is 9.53 Å². The molecule has 0 radical (unpaired) electrons. The van der Waals surface area contributed by atoms with Gasteiger partial charge in [-0.3, -0.25) is 4.79 Å². The Hall–Kier alpha value is 0.0800. The molecule has 2 unspecified atom stereocenters. The molecule has 0 aromatic rings. The molecule has 0 aliphatic rings. The lowest BCUT2D eigenvalue weighted by molar-refractivity contribution is -0.141. The van der Waals surface area contributed by atoms with Gasteiger partial charge < -0.3 is 4.74 Å². The Morgan fingerprint density at radius 2 is 2.17 bits per heavy atom. The van der Waals surface area contributed by atoms with Gasteiger partial charge >= 0.3 is 5.97 Å². The van der Waals surface area contributed by atoms with Crippen LogP contribution in [0, 0.1) is 0 Å². The monoisotopic (exact) mass is 230 g/mol. The molecule has 0 aliphatic carbocycles. The third kappa shape index (κ3) is 4.19. The molecular weight excluding hydrogens is 222 g/mol. The van der Waals surface area contributed by atoms with Crippen LogP contribution in [0.1, 0.15) is 0 Å². The zero-order valence-electron chi connectivity index (χ0n) is 6.30. The van der Waals surface area contributed by atoms with Gasteiger partial charge in [-0.25, -0.2) is 0 Å². The highest BCUT2D eigenvalue weighted by molar-refractivity contribution is 6.39. The normalized spacial score (nSPS) is 14.9. The molecule has 0 aliphatic heterocycles. The van der Waals surface area contributed by atoms with Gasteiger partial charge in [0, 0.05) is 5.88 Å². The topological polar surface area (TPSA) is 26.3 Å². The lowest BCUT2D eigenvalue weighted by Crippen LogP contribution is -2.28. The van der Waals surface area contributed by atoms with Crippen molar-refractivity contribution in [2.45, 2.75) is 10.8 Å². The molecule has 2 nitrogen and oxygen atoms in total. The van der Waals surface area contributed by atoms with Crippen molar-refractivity contribution < 1.29 is 9.53 Å². The Kier molecular flexibility index (Phi) is 6.62. The van der Waals surface area contributed by atoms with Crippen LogP contribution in [0.15, 0.2) is 12.7 Å². The lowest BCUT2D eigenvalue weighted by Gasteiger charge is -2.11. The molecule has 2 atom stereocenters. The Balaban J connectivity index is 3.83. The molecule has 12 heavy (non-hydrogen) atoms. The van der Waals surface area contributed by atoms with E-state index in [1.54, 1.807) is 0 Å². The van der Waals surface area contributed by atoms with Crippen molar-refractivity contribution in [1.29, 1.82) is 0 Å². The Morgan fingerprint density at radius 1 is 1.58 bits per heavy atom. The number of hydrogen-bond acceptors (Lipinski definition) is 2. The number of ether oxygens (including phenoxy) is 1. The zero-order chi connectivity index (χ0) is 9.56. The molecule has 0 saturated carbocycles. The van der Waals surface area contributed by atoms with E-state index in [0.29, 0.717) is 0 Å². The number of hydrogen-bond donors (Lipinski definition) is 0. The summed E-state index contributed by atoms with van der Waals surface area (Å²) in [4.78, 5) is 11.0. The maximum Gasteiger partial charge on any atom is 0.325 e. The maximum absolute atomic E-state index is 11.0. The minimum absolute atomic E-state index is 0.110. The van der Waals surface area contributed by atoms with Crippen LogP contribution < -0.4 is 0 Å². The highest BCUT2D eigenvalue weighted by Gasteiger charge is 2.24. The van der Waals surface area contributed by atoms with E-state index in [9.17, 15) is 4.79 Å². The second-order valence-electron chi connectivity index (χ2n) is 1.99. The van der Waals surface area contributed by atoms with Crippen LogP contribution in [0.3, 0.4) is 0 Å². The average Bonchev–Trinajstić information content (AvgIpc) is 2.11. The molecule has 0 bridgehead atoms. The highest BCUT2D eigenvalue weighted by atomic mass is 35.5. The third-order valence-corrected chi connectivity index (χ3v) is 2.54. The molecular formula is C7H9Cl3O2. The van der Waals surface area contributed by atoms with Gasteiger partial charge in [0.15, 0.2) is 0 Å². The Labute approximate surface area is 86.4 Å². The van der Waals surface area contributed by atoms with E-state index in [0.717, 1.165) is 0 Å². The largest absolute Gasteiger partial charge is 0.460 e. The van der Waals surface area contributed by atoms with Crippen LogP contribution in [0.5, 0.6) is 0 Å². The van der Waals surface area contributed by atoms with Gasteiger partial charge in [0.05, 0.1) is 5.38 Å². The first-order valence-electron chi connectivity index (χ1n) is 3.25. The van der Waals surface area contributed by atoms with Crippen molar-refractivity contribution in [3.8, 4) is 0 Å². The maximum atomic E-state index is 11.0. The summed E-state index contributed by atoms with van der Waals surface area (Å²) in [6.07, 6.45) is 1.45. The quantitative estimate of drug-likeness (QED) is 0.412. The highest BCUT2D eigenvalue weighted by Crippen LogP contribution is 2.13. The summed E-state index contributed by atoms with van der Waals surface area (Å²) in [5, 5.41) is -1.50. The van der Waals surface area contributed by atoms with Crippen molar-refractivity contribution in [3.05, 3.63) is 12.7 Å². The Morgan fingerprint density at radius 3 is 2.58 bits per heavy atom. The summed E-state index contributed by atoms with van der Waals surface area (Å²) in [5.41, 5.74) is 0. The molecule has 0 amide bonds. The standard InChI is InChI=1S/C7H9Cl3O2/c1-2-3-12-7(11)6(10)5(9)4-8/h2,5-6H,1,3-4H2. The second-order valence-corrected chi connectivity index (χ2v) is 3.33. The number of alkyl halides is 3. The number of carbonyl (C=O) groups excluding carboxylic acids is 1. The lowest BCUT2D eigenvalue weighted by atomic mass is 10.3. The first-order valence-corrected chi connectivity index (χ1v) is 4.65. The van der Waals surface area contributed by atoms with Crippen LogP contribution in [0.25, 0.3) is 0 Å². The van der Waals surface area contributed by atoms with Crippen molar-refractivity contribution >= 4 is 40.8 Å². The molecule has 5 heteroatoms. The fraction of sp³-hybridized carbons (Fsp3) is 0.571. The summed E-state index contributed by atoms with van der Waals surface area (Å²) in [5.74, 6) is -0.462. The summed E-state index contributed by atoms with van der Waals surface area (Å²) in [6.45, 7) is 3.51. The molecule has 0 N–H and O–H groups in total. The SMILES string of the molecule is C=CCOC(=O)C(Cl)C(Cl)CCl. The molecule has 0 aromatic heterocycles. The van der Waals surface area contributed by atoms with E-state index in [-0.39, 0.29) is 12.5 Å². The van der Waals surface area contributed by atoms with Gasteiger partial charge in [0.1, 0.15) is 12.0 Å². The predicted molar refractivity (Wildman–Crippen MR) is 51.2 cm³/mol. The molecule has 70 valence electrons. The third-order valence-electron chi connectivity index (χ3n) is 1.03. The molecule has 0 fully saturated rings. The minimum Gasteiger partial charge on any atom is -0.460 e. The second kappa shape index (κ2) is 6.58. The number of rotatable bonds is 5. The van der Waals surface area contributed by atoms with Crippen molar-refractivity contribution in [2.75, 3.05) is 12.5 Å². The molecule has 0 rings (SSSR count). The van der Waals surface area contributed by atoms with Crippen LogP contribution >= 0.6 is 34.8 Å². The minimum atomic E-state index is -0.899. The zero-order valence-corrected chi connectivity index (χ0v) is 8.57. The van der Waals surface area contributed by atoms with Gasteiger partial charge in [0.2, 0.25) is 0 Å². The predicted octanol–water partition coefficient (Wildman–Crippen LogP) is 2.17. The van der Waals surface area contributed by atoms with Gasteiger partial charge in [-0.2, -0.15) is 0 Å². The fourth-order valence-corrected chi connectivity index (χ4v) is 0.971. The van der Waals surface area contributed by atoms with Gasteiger partial charge in [-0.05, 0) is 0 Å². The van der Waals surface area contributed by atoms with Gasteiger partial charge in [-0.15, -0.1) is 34.8 Å². The number of carbonyl (C=O) groups is 1. The van der Waals surface area contributed by atoms with E-state index >= 15 is 0 Å². The van der Waals surface area contributed by atoms with E-state index in [1.165, 1.54) is 6.08 Å². The Bertz CT molecular complexity index is 161. The van der Waals surface area contributed by atoms with E-state index in [4.69, 9.17) is 34.8 Å². The van der Waals surface area contributed by atoms with Crippen molar-refractivity contribution in [2.24, 2.45) is 0 Å². The van der Waals surface area contributed by atoms with E-state index in [2.05, 4.69) is 11.3 Å². The number of halogens is 3. The first-order chi connectivity index (χ1) is 5.63. The van der Waals surface area contributed by atoms with E-state index in [1.807, 2.05) is 0 Å². The van der Waals surface area contributed by atoms with Crippen LogP contribution in [-0.4, -0.2) is 29.2 Å². The van der Waals surface area contributed by atoms with Crippen molar-refractivity contribution in [3.63, 3.8) is 0 Å². The molecule has 0 heterocycles.